The summed E-state index contributed by atoms with van der Waals surface area (Å²) >= 11 is 0. The molecule has 0 bridgehead atoms. The van der Waals surface area contributed by atoms with Crippen molar-refractivity contribution < 1.29 is 4.74 Å². The van der Waals surface area contributed by atoms with Crippen LogP contribution in [0, 0.1) is 5.92 Å². The maximum Gasteiger partial charge on any atom is 0.0634 e. The third kappa shape index (κ3) is 3.74. The number of ether oxygens (including phenoxy) is 1. The molecule has 0 aromatic rings. The molecule has 0 aromatic carbocycles. The Kier molecular flexibility index (Phi) is 4.42. The molecule has 0 amide bonds. The summed E-state index contributed by atoms with van der Waals surface area (Å²) in [4.78, 5) is 2.63. The lowest BCUT2D eigenvalue weighted by molar-refractivity contribution is -0.00872. The van der Waals surface area contributed by atoms with Gasteiger partial charge in [0.15, 0.2) is 0 Å². The highest BCUT2D eigenvalue weighted by Gasteiger charge is 2.29. The van der Waals surface area contributed by atoms with Crippen LogP contribution in [-0.2, 0) is 4.74 Å². The zero-order valence-corrected chi connectivity index (χ0v) is 9.87. The lowest BCUT2D eigenvalue weighted by Gasteiger charge is -2.35. The lowest BCUT2D eigenvalue weighted by atomic mass is 10.2. The summed E-state index contributed by atoms with van der Waals surface area (Å²) in [6, 6.07) is 0.617. The van der Waals surface area contributed by atoms with Crippen LogP contribution in [0.4, 0.5) is 0 Å². The van der Waals surface area contributed by atoms with Crippen LogP contribution in [0.25, 0.3) is 0 Å². The Bertz CT molecular complexity index is 182. The highest BCUT2D eigenvalue weighted by atomic mass is 16.5. The molecule has 2 rings (SSSR count). The molecule has 1 aliphatic carbocycles. The average Bonchev–Trinajstić information content (AvgIpc) is 3.05. The maximum atomic E-state index is 5.56. The zero-order valence-electron chi connectivity index (χ0n) is 9.87. The number of hydrogen-bond acceptors (Lipinski definition) is 3. The van der Waals surface area contributed by atoms with Crippen LogP contribution in [0.1, 0.15) is 26.2 Å². The van der Waals surface area contributed by atoms with Gasteiger partial charge in [0, 0.05) is 25.7 Å². The Hall–Kier alpha value is -0.120. The first kappa shape index (κ1) is 11.4. The molecule has 1 N–H and O–H groups in total. The van der Waals surface area contributed by atoms with Crippen molar-refractivity contribution in [1.82, 2.24) is 10.2 Å². The maximum absolute atomic E-state index is 5.56. The summed E-state index contributed by atoms with van der Waals surface area (Å²) in [5, 5.41) is 3.51. The van der Waals surface area contributed by atoms with E-state index in [1.54, 1.807) is 0 Å². The lowest BCUT2D eigenvalue weighted by Crippen LogP contribution is -2.51. The standard InChI is InChI=1S/C12H24N2O/c1-2-5-13-8-12-10-15-7-6-14(12)9-11-3-4-11/h11-13H,2-10H2,1H3. The molecule has 2 fully saturated rings. The van der Waals surface area contributed by atoms with Crippen molar-refractivity contribution in [2.45, 2.75) is 32.2 Å². The van der Waals surface area contributed by atoms with E-state index in [1.165, 1.54) is 25.8 Å². The second-order valence-corrected chi connectivity index (χ2v) is 4.87. The van der Waals surface area contributed by atoms with Crippen LogP contribution in [0.15, 0.2) is 0 Å². The minimum Gasteiger partial charge on any atom is -0.378 e. The van der Waals surface area contributed by atoms with Crippen molar-refractivity contribution in [3.05, 3.63) is 0 Å². The molecule has 1 atom stereocenters. The van der Waals surface area contributed by atoms with E-state index in [1.807, 2.05) is 0 Å². The first-order valence-corrected chi connectivity index (χ1v) is 6.42. The third-order valence-corrected chi connectivity index (χ3v) is 3.35. The zero-order chi connectivity index (χ0) is 10.5. The van der Waals surface area contributed by atoms with Gasteiger partial charge in [-0.05, 0) is 31.7 Å². The van der Waals surface area contributed by atoms with Crippen molar-refractivity contribution in [1.29, 1.82) is 0 Å². The largest absolute Gasteiger partial charge is 0.378 e. The van der Waals surface area contributed by atoms with Gasteiger partial charge in [0.05, 0.1) is 13.2 Å². The van der Waals surface area contributed by atoms with Gasteiger partial charge < -0.3 is 10.1 Å². The fourth-order valence-electron chi connectivity index (χ4n) is 2.20. The van der Waals surface area contributed by atoms with Gasteiger partial charge in [-0.2, -0.15) is 0 Å². The van der Waals surface area contributed by atoms with Gasteiger partial charge in [-0.15, -0.1) is 0 Å². The summed E-state index contributed by atoms with van der Waals surface area (Å²) in [5.74, 6) is 0.997. The minimum atomic E-state index is 0.617. The number of nitrogens with zero attached hydrogens (tertiary/aromatic N) is 1. The van der Waals surface area contributed by atoms with Crippen molar-refractivity contribution >= 4 is 0 Å². The molecular weight excluding hydrogens is 188 g/mol. The van der Waals surface area contributed by atoms with E-state index >= 15 is 0 Å². The van der Waals surface area contributed by atoms with Gasteiger partial charge in [-0.25, -0.2) is 0 Å². The van der Waals surface area contributed by atoms with Crippen LogP contribution in [-0.4, -0.2) is 50.3 Å². The van der Waals surface area contributed by atoms with Crippen LogP contribution in [0.5, 0.6) is 0 Å². The van der Waals surface area contributed by atoms with Crippen LogP contribution >= 0.6 is 0 Å². The number of rotatable bonds is 6. The second kappa shape index (κ2) is 5.83. The molecular formula is C12H24N2O. The van der Waals surface area contributed by atoms with Gasteiger partial charge in [0.25, 0.3) is 0 Å². The van der Waals surface area contributed by atoms with Gasteiger partial charge in [-0.1, -0.05) is 6.92 Å². The predicted octanol–water partition coefficient (Wildman–Crippen LogP) is 1.10. The molecule has 0 radical (unpaired) electrons. The molecule has 3 heteroatoms. The molecule has 1 saturated carbocycles. The van der Waals surface area contributed by atoms with Crippen molar-refractivity contribution in [3.8, 4) is 0 Å². The first-order valence-electron chi connectivity index (χ1n) is 6.42. The molecule has 1 aliphatic heterocycles. The van der Waals surface area contributed by atoms with Crippen molar-refractivity contribution in [2.24, 2.45) is 5.92 Å². The molecule has 1 unspecified atom stereocenters. The number of morpholine rings is 1. The highest BCUT2D eigenvalue weighted by Crippen LogP contribution is 2.30. The predicted molar refractivity (Wildman–Crippen MR) is 62.1 cm³/mol. The van der Waals surface area contributed by atoms with E-state index in [2.05, 4.69) is 17.1 Å². The first-order chi connectivity index (χ1) is 7.40. The fraction of sp³-hybridized carbons (Fsp3) is 1.00. The van der Waals surface area contributed by atoms with E-state index < -0.39 is 0 Å². The second-order valence-electron chi connectivity index (χ2n) is 4.87. The summed E-state index contributed by atoms with van der Waals surface area (Å²) in [7, 11) is 0. The molecule has 2 aliphatic rings. The van der Waals surface area contributed by atoms with E-state index in [0.717, 1.165) is 38.8 Å². The Morgan fingerprint density at radius 2 is 2.27 bits per heavy atom. The quantitative estimate of drug-likeness (QED) is 0.667. The summed E-state index contributed by atoms with van der Waals surface area (Å²) < 4.78 is 5.56. The Morgan fingerprint density at radius 3 is 3.00 bits per heavy atom. The van der Waals surface area contributed by atoms with Crippen LogP contribution in [0.2, 0.25) is 0 Å². The summed E-state index contributed by atoms with van der Waals surface area (Å²) in [6.07, 6.45) is 4.12. The highest BCUT2D eigenvalue weighted by molar-refractivity contribution is 4.83. The van der Waals surface area contributed by atoms with E-state index in [0.29, 0.717) is 6.04 Å². The smallest absolute Gasteiger partial charge is 0.0634 e. The van der Waals surface area contributed by atoms with E-state index in [9.17, 15) is 0 Å². The monoisotopic (exact) mass is 212 g/mol. The topological polar surface area (TPSA) is 24.5 Å². The van der Waals surface area contributed by atoms with Gasteiger partial charge in [-0.3, -0.25) is 4.90 Å². The van der Waals surface area contributed by atoms with Crippen molar-refractivity contribution in [2.75, 3.05) is 39.4 Å². The minimum absolute atomic E-state index is 0.617. The molecule has 0 aromatic heterocycles. The van der Waals surface area contributed by atoms with E-state index in [-0.39, 0.29) is 0 Å². The number of nitrogens with one attached hydrogen (secondary N) is 1. The molecule has 15 heavy (non-hydrogen) atoms. The Balaban J connectivity index is 1.71. The Labute approximate surface area is 93.2 Å². The van der Waals surface area contributed by atoms with Crippen molar-refractivity contribution in [3.63, 3.8) is 0 Å². The van der Waals surface area contributed by atoms with Gasteiger partial charge >= 0.3 is 0 Å². The SMILES string of the molecule is CCCNCC1COCCN1CC1CC1. The normalized spacial score (nSPS) is 28.2. The molecule has 1 heterocycles. The summed E-state index contributed by atoms with van der Waals surface area (Å²) in [6.45, 7) is 8.73. The summed E-state index contributed by atoms with van der Waals surface area (Å²) in [5.41, 5.74) is 0. The fourth-order valence-corrected chi connectivity index (χ4v) is 2.20. The molecule has 3 nitrogen and oxygen atoms in total. The van der Waals surface area contributed by atoms with Crippen LogP contribution < -0.4 is 5.32 Å². The average molecular weight is 212 g/mol. The third-order valence-electron chi connectivity index (χ3n) is 3.35. The van der Waals surface area contributed by atoms with Gasteiger partial charge in [0.2, 0.25) is 0 Å². The number of hydrogen-bond donors (Lipinski definition) is 1. The van der Waals surface area contributed by atoms with E-state index in [4.69, 9.17) is 4.74 Å². The van der Waals surface area contributed by atoms with Gasteiger partial charge in [0.1, 0.15) is 0 Å². The Morgan fingerprint density at radius 1 is 1.40 bits per heavy atom. The molecule has 0 spiro atoms. The van der Waals surface area contributed by atoms with Crippen LogP contribution in [0.3, 0.4) is 0 Å². The molecule has 88 valence electrons. The molecule has 1 saturated heterocycles.